The third-order valence-electron chi connectivity index (χ3n) is 9.98. The summed E-state index contributed by atoms with van der Waals surface area (Å²) in [4.78, 5) is 79.8. The zero-order valence-electron chi connectivity index (χ0n) is 27.6. The van der Waals surface area contributed by atoms with Gasteiger partial charge in [0, 0.05) is 6.92 Å². The molecule has 3 aliphatic rings. The van der Waals surface area contributed by atoms with Gasteiger partial charge in [-0.05, 0) is 43.2 Å². The van der Waals surface area contributed by atoms with Crippen LogP contribution in [0.4, 0.5) is 0 Å². The number of likely N-dealkylation sites (tertiary alicyclic amines) is 1. The Labute approximate surface area is 288 Å². The summed E-state index contributed by atoms with van der Waals surface area (Å²) < 4.78 is 0. The number of carbonyl (C=O) groups excluding carboxylic acids is 6. The monoisotopic (exact) mass is 690 g/mol. The minimum atomic E-state index is -0.952. The molecule has 0 aromatic carbocycles. The van der Waals surface area contributed by atoms with Crippen molar-refractivity contribution in [3.05, 3.63) is 5.92 Å². The van der Waals surface area contributed by atoms with Crippen molar-refractivity contribution in [1.29, 1.82) is 0 Å². The van der Waals surface area contributed by atoms with Crippen molar-refractivity contribution in [2.75, 3.05) is 6.54 Å². The number of Topliss-reactive ketones (excluding diaryl/α,β-unsaturated/α-hetero) is 2. The van der Waals surface area contributed by atoms with Gasteiger partial charge in [-0.25, -0.2) is 0 Å². The molecule has 2 saturated carbocycles. The fourth-order valence-corrected chi connectivity index (χ4v) is 7.46. The first kappa shape index (κ1) is 38.5. The Morgan fingerprint density at radius 2 is 1.57 bits per heavy atom. The van der Waals surface area contributed by atoms with Crippen LogP contribution in [0.5, 0.6) is 0 Å². The molecule has 0 radical (unpaired) electrons. The van der Waals surface area contributed by atoms with Crippen LogP contribution in [0.2, 0.25) is 0 Å². The topological polar surface area (TPSA) is 142 Å². The maximum atomic E-state index is 14.5. The minimum absolute atomic E-state index is 0. The molecule has 1 saturated heterocycles. The van der Waals surface area contributed by atoms with Gasteiger partial charge in [0.2, 0.25) is 29.9 Å². The number of amides is 4. The average Bonchev–Trinajstić information content (AvgIpc) is 3.24. The molecule has 0 bridgehead atoms. The first-order chi connectivity index (χ1) is 20.3. The van der Waals surface area contributed by atoms with Crippen molar-refractivity contribution in [2.24, 2.45) is 16.7 Å². The maximum absolute atomic E-state index is 14.5. The molecule has 3 rings (SSSR count). The van der Waals surface area contributed by atoms with Gasteiger partial charge in [0.05, 0.1) is 6.04 Å². The molecule has 0 aromatic heterocycles. The SMILES string of the molecule is CCCC(NC(=O)C1[C-](C)C2(CCCCC2)CN1C(=O)C(NC(=O)C(NC=O)C1CCCCC1)C(C)(C)C)C(=O)C(C)=O.[Y+3]. The van der Waals surface area contributed by atoms with E-state index in [9.17, 15) is 28.8 Å². The fraction of sp³-hybridized carbons (Fsp3) is 0.788. The van der Waals surface area contributed by atoms with Gasteiger partial charge in [0.15, 0.2) is 5.78 Å². The second kappa shape index (κ2) is 16.8. The van der Waals surface area contributed by atoms with Crippen molar-refractivity contribution in [3.8, 4) is 0 Å². The van der Waals surface area contributed by atoms with Gasteiger partial charge >= 0.3 is 32.7 Å². The fourth-order valence-electron chi connectivity index (χ4n) is 7.46. The van der Waals surface area contributed by atoms with Gasteiger partial charge < -0.3 is 20.9 Å². The van der Waals surface area contributed by atoms with Crippen LogP contribution in [-0.4, -0.2) is 71.3 Å². The summed E-state index contributed by atoms with van der Waals surface area (Å²) in [5, 5.41) is 8.50. The Bertz CT molecular complexity index is 1050. The summed E-state index contributed by atoms with van der Waals surface area (Å²) in [5.74, 6) is -1.59. The van der Waals surface area contributed by atoms with E-state index in [1.807, 2.05) is 34.6 Å². The van der Waals surface area contributed by atoms with Crippen molar-refractivity contribution in [1.82, 2.24) is 20.9 Å². The quantitative estimate of drug-likeness (QED) is 0.163. The van der Waals surface area contributed by atoms with Crippen LogP contribution in [0, 0.1) is 22.7 Å². The van der Waals surface area contributed by atoms with Gasteiger partial charge in [-0.3, -0.25) is 34.7 Å². The predicted octanol–water partition coefficient (Wildman–Crippen LogP) is 3.41. The Kier molecular flexibility index (Phi) is 14.7. The number of hydrogen-bond acceptors (Lipinski definition) is 6. The van der Waals surface area contributed by atoms with E-state index < -0.39 is 53.0 Å². The van der Waals surface area contributed by atoms with E-state index in [0.29, 0.717) is 25.8 Å². The summed E-state index contributed by atoms with van der Waals surface area (Å²) in [6.45, 7) is 11.0. The molecular weight excluding hydrogens is 637 g/mol. The number of rotatable bonds is 12. The molecule has 3 N–H and O–H groups in total. The number of nitrogens with zero attached hydrogens (tertiary/aromatic N) is 1. The van der Waals surface area contributed by atoms with Gasteiger partial charge in [0.25, 0.3) is 0 Å². The Morgan fingerprint density at radius 3 is 2.09 bits per heavy atom. The third kappa shape index (κ3) is 8.98. The molecule has 10 nitrogen and oxygen atoms in total. The zero-order valence-corrected chi connectivity index (χ0v) is 30.5. The number of carbonyl (C=O) groups is 6. The maximum Gasteiger partial charge on any atom is 3.00 e. The predicted molar refractivity (Wildman–Crippen MR) is 163 cm³/mol. The minimum Gasteiger partial charge on any atom is -0.360 e. The van der Waals surface area contributed by atoms with E-state index in [0.717, 1.165) is 70.1 Å². The summed E-state index contributed by atoms with van der Waals surface area (Å²) in [5.41, 5.74) is -1.02. The molecule has 4 unspecified atom stereocenters. The molecular formula is C33H53N4O6Y+2. The average molecular weight is 691 g/mol. The Morgan fingerprint density at radius 1 is 0.977 bits per heavy atom. The molecule has 2 aliphatic carbocycles. The molecule has 1 heterocycles. The van der Waals surface area contributed by atoms with Crippen LogP contribution in [-0.2, 0) is 61.5 Å². The molecule has 4 atom stereocenters. The van der Waals surface area contributed by atoms with E-state index in [1.165, 1.54) is 6.92 Å². The molecule has 1 spiro atoms. The van der Waals surface area contributed by atoms with Crippen LogP contribution >= 0.6 is 0 Å². The zero-order chi connectivity index (χ0) is 31.9. The van der Waals surface area contributed by atoms with Crippen LogP contribution in [0.15, 0.2) is 0 Å². The van der Waals surface area contributed by atoms with Crippen molar-refractivity contribution >= 4 is 35.7 Å². The van der Waals surface area contributed by atoms with Gasteiger partial charge in [-0.1, -0.05) is 85.5 Å². The standard InChI is InChI=1S/C33H53N4O6.Y/c1-7-14-24(27(40)22(3)39)35-30(42)26-21(2)33(17-12-9-13-18-33)19-37(26)31(43)28(32(4,5)6)36-29(41)25(34-20-38)23-15-10-8-11-16-23;/h20,23-26,28H,7-19H2,1-6H3,(H,34,38)(H,35,42)(H,36,41);/q-1;+3. The second-order valence-corrected chi connectivity index (χ2v) is 14.1. The van der Waals surface area contributed by atoms with Crippen molar-refractivity contribution in [3.63, 3.8) is 0 Å². The third-order valence-corrected chi connectivity index (χ3v) is 9.98. The first-order valence-electron chi connectivity index (χ1n) is 16.3. The summed E-state index contributed by atoms with van der Waals surface area (Å²) in [7, 11) is 0. The van der Waals surface area contributed by atoms with Crippen LogP contribution in [0.25, 0.3) is 0 Å². The molecule has 0 aromatic rings. The van der Waals surface area contributed by atoms with E-state index in [4.69, 9.17) is 0 Å². The number of nitrogens with one attached hydrogen (secondary N) is 3. The number of hydrogen-bond donors (Lipinski definition) is 3. The number of ketones is 2. The van der Waals surface area contributed by atoms with E-state index in [2.05, 4.69) is 16.0 Å². The Hall–Kier alpha value is -1.68. The summed E-state index contributed by atoms with van der Waals surface area (Å²) in [6, 6.07) is -3.56. The molecule has 11 heteroatoms. The molecule has 242 valence electrons. The largest absolute Gasteiger partial charge is 3.00 e. The van der Waals surface area contributed by atoms with Crippen LogP contribution in [0.3, 0.4) is 0 Å². The van der Waals surface area contributed by atoms with Gasteiger partial charge in [0.1, 0.15) is 12.1 Å². The van der Waals surface area contributed by atoms with E-state index in [1.54, 1.807) is 4.90 Å². The normalized spacial score (nSPS) is 22.7. The Balaban J connectivity index is 0.00000675. The van der Waals surface area contributed by atoms with E-state index >= 15 is 0 Å². The summed E-state index contributed by atoms with van der Waals surface area (Å²) in [6.07, 6.45) is 11.0. The summed E-state index contributed by atoms with van der Waals surface area (Å²) >= 11 is 0. The molecule has 3 fully saturated rings. The smallest absolute Gasteiger partial charge is 0.360 e. The first-order valence-corrected chi connectivity index (χ1v) is 16.3. The van der Waals surface area contributed by atoms with Gasteiger partial charge in [-0.15, -0.1) is 5.41 Å². The van der Waals surface area contributed by atoms with E-state index in [-0.39, 0.29) is 49.9 Å². The second-order valence-electron chi connectivity index (χ2n) is 14.1. The molecule has 44 heavy (non-hydrogen) atoms. The van der Waals surface area contributed by atoms with Crippen molar-refractivity contribution < 1.29 is 61.5 Å². The van der Waals surface area contributed by atoms with Gasteiger partial charge in [-0.2, -0.15) is 6.92 Å². The van der Waals surface area contributed by atoms with Crippen LogP contribution < -0.4 is 16.0 Å². The van der Waals surface area contributed by atoms with Crippen molar-refractivity contribution in [2.45, 2.75) is 143 Å². The molecule has 1 aliphatic heterocycles. The van der Waals surface area contributed by atoms with Crippen LogP contribution in [0.1, 0.15) is 119 Å². The molecule has 4 amide bonds.